The van der Waals surface area contributed by atoms with Crippen LogP contribution in [0.2, 0.25) is 0 Å². The van der Waals surface area contributed by atoms with Crippen molar-refractivity contribution < 1.29 is 0 Å². The van der Waals surface area contributed by atoms with Crippen molar-refractivity contribution in [2.45, 2.75) is 39.7 Å². The fraction of sp³-hybridized carbons (Fsp3) is 0.786. The number of aromatic nitrogens is 2. The molecule has 1 aliphatic heterocycles. The van der Waals surface area contributed by atoms with E-state index in [0.717, 1.165) is 38.5 Å². The molecule has 0 bridgehead atoms. The number of piperidine rings is 1. The molecule has 1 fully saturated rings. The number of imidazole rings is 1. The molecule has 0 unspecified atom stereocenters. The van der Waals surface area contributed by atoms with Crippen LogP contribution in [0.25, 0.3) is 0 Å². The van der Waals surface area contributed by atoms with Crippen molar-refractivity contribution >= 4 is 5.95 Å². The quantitative estimate of drug-likeness (QED) is 0.866. The third-order valence-electron chi connectivity index (χ3n) is 3.90. The normalized spacial score (nSPS) is 17.4. The van der Waals surface area contributed by atoms with E-state index in [4.69, 9.17) is 4.98 Å². The Morgan fingerprint density at radius 1 is 1.33 bits per heavy atom. The van der Waals surface area contributed by atoms with Crippen molar-refractivity contribution in [2.24, 2.45) is 5.92 Å². The molecule has 4 heteroatoms. The molecule has 0 aromatic carbocycles. The van der Waals surface area contributed by atoms with Gasteiger partial charge >= 0.3 is 0 Å². The summed E-state index contributed by atoms with van der Waals surface area (Å²) in [6, 6.07) is 0. The third-order valence-corrected chi connectivity index (χ3v) is 3.90. The summed E-state index contributed by atoms with van der Waals surface area (Å²) in [5, 5.41) is 3.29. The highest BCUT2D eigenvalue weighted by Gasteiger charge is 2.21. The molecule has 0 radical (unpaired) electrons. The first-order valence-electron chi connectivity index (χ1n) is 7.24. The number of anilines is 1. The van der Waals surface area contributed by atoms with Crippen molar-refractivity contribution in [3.63, 3.8) is 0 Å². The van der Waals surface area contributed by atoms with Crippen molar-refractivity contribution in [1.29, 1.82) is 0 Å². The smallest absolute Gasteiger partial charge is 0.205 e. The van der Waals surface area contributed by atoms with Gasteiger partial charge in [0.1, 0.15) is 0 Å². The first-order valence-corrected chi connectivity index (χ1v) is 7.24. The minimum absolute atomic E-state index is 0.835. The fourth-order valence-electron chi connectivity index (χ4n) is 2.74. The Balaban J connectivity index is 2.02. The third kappa shape index (κ3) is 2.86. The van der Waals surface area contributed by atoms with Crippen LogP contribution in [0, 0.1) is 5.92 Å². The molecule has 0 atom stereocenters. The summed E-state index contributed by atoms with van der Waals surface area (Å²) < 4.78 is 2.29. The van der Waals surface area contributed by atoms with Gasteiger partial charge in [-0.2, -0.15) is 0 Å². The highest BCUT2D eigenvalue weighted by molar-refractivity contribution is 5.34. The van der Waals surface area contributed by atoms with Crippen LogP contribution in [-0.2, 0) is 13.0 Å². The van der Waals surface area contributed by atoms with E-state index in [1.54, 1.807) is 0 Å². The molecule has 1 N–H and O–H groups in total. The largest absolute Gasteiger partial charge is 0.342 e. The molecule has 102 valence electrons. The number of rotatable bonds is 5. The maximum atomic E-state index is 4.77. The van der Waals surface area contributed by atoms with Gasteiger partial charge in [0.05, 0.1) is 5.69 Å². The molecule has 1 aromatic rings. The van der Waals surface area contributed by atoms with Gasteiger partial charge in [0.25, 0.3) is 0 Å². The second-order valence-corrected chi connectivity index (χ2v) is 5.16. The second kappa shape index (κ2) is 6.23. The Hall–Kier alpha value is -1.03. The number of hydrogen-bond acceptors (Lipinski definition) is 3. The standard InChI is InChI=1S/C14H26N4/c1-4-13-11-17(5-2)14(16-13)18-8-6-12(7-9-18)10-15-3/h11-12,15H,4-10H2,1-3H3. The monoisotopic (exact) mass is 250 g/mol. The Labute approximate surface area is 110 Å². The van der Waals surface area contributed by atoms with Crippen molar-refractivity contribution in [3.05, 3.63) is 11.9 Å². The van der Waals surface area contributed by atoms with Gasteiger partial charge in [0, 0.05) is 25.8 Å². The number of aryl methyl sites for hydroxylation is 2. The lowest BCUT2D eigenvalue weighted by Crippen LogP contribution is -2.38. The van der Waals surface area contributed by atoms with E-state index >= 15 is 0 Å². The van der Waals surface area contributed by atoms with Gasteiger partial charge < -0.3 is 14.8 Å². The van der Waals surface area contributed by atoms with Crippen LogP contribution in [0.5, 0.6) is 0 Å². The van der Waals surface area contributed by atoms with Crippen molar-refractivity contribution in [3.8, 4) is 0 Å². The summed E-state index contributed by atoms with van der Waals surface area (Å²) in [5.41, 5.74) is 1.21. The zero-order chi connectivity index (χ0) is 13.0. The van der Waals surface area contributed by atoms with Gasteiger partial charge in [-0.1, -0.05) is 6.92 Å². The predicted molar refractivity (Wildman–Crippen MR) is 76.1 cm³/mol. The van der Waals surface area contributed by atoms with Crippen LogP contribution in [0.1, 0.15) is 32.4 Å². The predicted octanol–water partition coefficient (Wildman–Crippen LogP) is 1.90. The van der Waals surface area contributed by atoms with Crippen molar-refractivity contribution in [2.75, 3.05) is 31.6 Å². The Morgan fingerprint density at radius 3 is 2.61 bits per heavy atom. The highest BCUT2D eigenvalue weighted by atomic mass is 15.3. The molecule has 0 spiro atoms. The van der Waals surface area contributed by atoms with Crippen LogP contribution >= 0.6 is 0 Å². The molecule has 4 nitrogen and oxygen atoms in total. The molecule has 0 amide bonds. The van der Waals surface area contributed by atoms with Crippen molar-refractivity contribution in [1.82, 2.24) is 14.9 Å². The van der Waals surface area contributed by atoms with Gasteiger partial charge in [-0.25, -0.2) is 4.98 Å². The number of nitrogens with zero attached hydrogens (tertiary/aromatic N) is 3. The van der Waals surface area contributed by atoms with E-state index in [9.17, 15) is 0 Å². The molecule has 2 heterocycles. The molecule has 2 rings (SSSR count). The highest BCUT2D eigenvalue weighted by Crippen LogP contribution is 2.22. The van der Waals surface area contributed by atoms with Crippen LogP contribution in [0.4, 0.5) is 5.95 Å². The Kier molecular flexibility index (Phi) is 4.64. The lowest BCUT2D eigenvalue weighted by molar-refractivity contribution is 0.389. The van der Waals surface area contributed by atoms with E-state index in [1.165, 1.54) is 24.5 Å². The maximum Gasteiger partial charge on any atom is 0.205 e. The van der Waals surface area contributed by atoms with Gasteiger partial charge in [-0.05, 0) is 45.7 Å². The molecular weight excluding hydrogens is 224 g/mol. The van der Waals surface area contributed by atoms with E-state index in [0.29, 0.717) is 0 Å². The Morgan fingerprint density at radius 2 is 2.06 bits per heavy atom. The van der Waals surface area contributed by atoms with Crippen LogP contribution in [0.3, 0.4) is 0 Å². The van der Waals surface area contributed by atoms with Gasteiger partial charge in [0.2, 0.25) is 5.95 Å². The maximum absolute atomic E-state index is 4.77. The van der Waals surface area contributed by atoms with Crippen LogP contribution in [0.15, 0.2) is 6.20 Å². The summed E-state index contributed by atoms with van der Waals surface area (Å²) in [4.78, 5) is 7.22. The van der Waals surface area contributed by atoms with E-state index in [-0.39, 0.29) is 0 Å². The molecular formula is C14H26N4. The zero-order valence-electron chi connectivity index (χ0n) is 11.9. The number of hydrogen-bond donors (Lipinski definition) is 1. The summed E-state index contributed by atoms with van der Waals surface area (Å²) in [5.74, 6) is 2.01. The van der Waals surface area contributed by atoms with Gasteiger partial charge in [-0.3, -0.25) is 0 Å². The summed E-state index contributed by atoms with van der Waals surface area (Å²) in [7, 11) is 2.05. The minimum atomic E-state index is 0.835. The lowest BCUT2D eigenvalue weighted by Gasteiger charge is -2.32. The van der Waals surface area contributed by atoms with Gasteiger partial charge in [-0.15, -0.1) is 0 Å². The van der Waals surface area contributed by atoms with E-state index in [1.807, 2.05) is 7.05 Å². The summed E-state index contributed by atoms with van der Waals surface area (Å²) >= 11 is 0. The molecule has 1 aliphatic rings. The minimum Gasteiger partial charge on any atom is -0.342 e. The van der Waals surface area contributed by atoms with Crippen LogP contribution in [-0.4, -0.2) is 36.2 Å². The molecule has 0 aliphatic carbocycles. The van der Waals surface area contributed by atoms with E-state index in [2.05, 4.69) is 34.8 Å². The topological polar surface area (TPSA) is 33.1 Å². The average molecular weight is 250 g/mol. The fourth-order valence-corrected chi connectivity index (χ4v) is 2.74. The Bertz CT molecular complexity index is 364. The molecule has 18 heavy (non-hydrogen) atoms. The summed E-state index contributed by atoms with van der Waals surface area (Å²) in [6.07, 6.45) is 5.78. The SMILES string of the molecule is CCc1cn(CC)c(N2CCC(CNC)CC2)n1. The van der Waals surface area contributed by atoms with Crippen LogP contribution < -0.4 is 10.2 Å². The zero-order valence-corrected chi connectivity index (χ0v) is 11.9. The molecule has 1 aromatic heterocycles. The first kappa shape index (κ1) is 13.4. The van der Waals surface area contributed by atoms with E-state index < -0.39 is 0 Å². The first-order chi connectivity index (χ1) is 8.78. The average Bonchev–Trinajstić information content (AvgIpc) is 2.83. The summed E-state index contributed by atoms with van der Waals surface area (Å²) in [6.45, 7) is 8.82. The molecule has 1 saturated heterocycles. The number of nitrogens with one attached hydrogen (secondary N) is 1. The van der Waals surface area contributed by atoms with Gasteiger partial charge in [0.15, 0.2) is 0 Å². The second-order valence-electron chi connectivity index (χ2n) is 5.16. The molecule has 0 saturated carbocycles. The lowest BCUT2D eigenvalue weighted by atomic mass is 9.97.